The van der Waals surface area contributed by atoms with E-state index in [9.17, 15) is 0 Å². The van der Waals surface area contributed by atoms with Gasteiger partial charge in [0.1, 0.15) is 0 Å². The van der Waals surface area contributed by atoms with E-state index in [-0.39, 0.29) is 5.41 Å². The average molecular weight is 284 g/mol. The van der Waals surface area contributed by atoms with Crippen molar-refractivity contribution in [2.45, 2.75) is 26.2 Å². The van der Waals surface area contributed by atoms with E-state index >= 15 is 0 Å². The summed E-state index contributed by atoms with van der Waals surface area (Å²) in [6, 6.07) is 24.3. The Bertz CT molecular complexity index is 854. The number of benzene rings is 3. The Morgan fingerprint density at radius 2 is 1.45 bits per heavy atom. The zero-order valence-electron chi connectivity index (χ0n) is 13.4. The van der Waals surface area contributed by atoms with Crippen molar-refractivity contribution in [2.75, 3.05) is 0 Å². The van der Waals surface area contributed by atoms with Crippen molar-refractivity contribution in [3.8, 4) is 22.3 Å². The fourth-order valence-electron chi connectivity index (χ4n) is 3.80. The van der Waals surface area contributed by atoms with Crippen molar-refractivity contribution in [3.05, 3.63) is 83.4 Å². The van der Waals surface area contributed by atoms with Crippen LogP contribution in [0.4, 0.5) is 0 Å². The summed E-state index contributed by atoms with van der Waals surface area (Å²) in [4.78, 5) is 0. The Morgan fingerprint density at radius 1 is 0.682 bits per heavy atom. The normalized spacial score (nSPS) is 14.5. The Hall–Kier alpha value is -2.34. The Morgan fingerprint density at radius 3 is 2.23 bits per heavy atom. The number of fused-ring (bicyclic) bond motifs is 3. The minimum absolute atomic E-state index is 0.0892. The molecule has 0 amide bonds. The quantitative estimate of drug-likeness (QED) is 0.516. The monoisotopic (exact) mass is 284 g/mol. The van der Waals surface area contributed by atoms with Gasteiger partial charge in [0.2, 0.25) is 0 Å². The molecule has 3 aromatic carbocycles. The third-order valence-electron chi connectivity index (χ3n) is 5.02. The van der Waals surface area contributed by atoms with E-state index < -0.39 is 0 Å². The molecule has 0 N–H and O–H groups in total. The highest BCUT2D eigenvalue weighted by Gasteiger charge is 2.35. The third-order valence-corrected chi connectivity index (χ3v) is 5.02. The first-order valence-electron chi connectivity index (χ1n) is 7.89. The summed E-state index contributed by atoms with van der Waals surface area (Å²) >= 11 is 0. The molecule has 0 heterocycles. The summed E-state index contributed by atoms with van der Waals surface area (Å²) in [5.74, 6) is 0. The number of rotatable bonds is 1. The summed E-state index contributed by atoms with van der Waals surface area (Å²) < 4.78 is 0. The molecule has 0 radical (unpaired) electrons. The van der Waals surface area contributed by atoms with Gasteiger partial charge in [-0.1, -0.05) is 74.5 Å². The minimum atomic E-state index is 0.0892. The molecular formula is C22H20. The molecule has 0 nitrogen and oxygen atoms in total. The van der Waals surface area contributed by atoms with Gasteiger partial charge < -0.3 is 0 Å². The van der Waals surface area contributed by atoms with Crippen LogP contribution in [-0.4, -0.2) is 0 Å². The predicted molar refractivity (Wildman–Crippen MR) is 94.2 cm³/mol. The van der Waals surface area contributed by atoms with Crippen molar-refractivity contribution in [1.29, 1.82) is 0 Å². The van der Waals surface area contributed by atoms with Gasteiger partial charge in [-0.3, -0.25) is 0 Å². The van der Waals surface area contributed by atoms with E-state index in [0.717, 1.165) is 0 Å². The maximum absolute atomic E-state index is 2.37. The molecule has 0 bridgehead atoms. The van der Waals surface area contributed by atoms with E-state index in [0.29, 0.717) is 0 Å². The molecule has 0 aliphatic heterocycles. The van der Waals surface area contributed by atoms with Crippen LogP contribution in [0, 0.1) is 6.92 Å². The fourth-order valence-corrected chi connectivity index (χ4v) is 3.80. The van der Waals surface area contributed by atoms with Crippen LogP contribution in [0.15, 0.2) is 66.7 Å². The van der Waals surface area contributed by atoms with Gasteiger partial charge >= 0.3 is 0 Å². The molecule has 108 valence electrons. The first kappa shape index (κ1) is 13.3. The first-order valence-corrected chi connectivity index (χ1v) is 7.89. The molecule has 1 aliphatic carbocycles. The maximum atomic E-state index is 2.37. The van der Waals surface area contributed by atoms with Crippen molar-refractivity contribution in [2.24, 2.45) is 0 Å². The summed E-state index contributed by atoms with van der Waals surface area (Å²) in [6.45, 7) is 6.89. The van der Waals surface area contributed by atoms with E-state index in [1.807, 2.05) is 0 Å². The molecular weight excluding hydrogens is 264 g/mol. The lowest BCUT2D eigenvalue weighted by atomic mass is 9.82. The van der Waals surface area contributed by atoms with E-state index in [4.69, 9.17) is 0 Å². The Kier molecular flexibility index (Phi) is 2.77. The SMILES string of the molecule is Cc1cccc2c1-c1cc(-c3ccccc3)ccc1C2(C)C. The van der Waals surface area contributed by atoms with Crippen LogP contribution in [0.5, 0.6) is 0 Å². The van der Waals surface area contributed by atoms with Gasteiger partial charge in [0, 0.05) is 5.41 Å². The lowest BCUT2D eigenvalue weighted by Gasteiger charge is -2.21. The lowest BCUT2D eigenvalue weighted by molar-refractivity contribution is 0.660. The van der Waals surface area contributed by atoms with Gasteiger partial charge in [0.25, 0.3) is 0 Å². The topological polar surface area (TPSA) is 0 Å². The van der Waals surface area contributed by atoms with E-state index in [1.165, 1.54) is 38.9 Å². The van der Waals surface area contributed by atoms with Crippen LogP contribution in [0.2, 0.25) is 0 Å². The second-order valence-electron chi connectivity index (χ2n) is 6.75. The van der Waals surface area contributed by atoms with Gasteiger partial charge in [-0.15, -0.1) is 0 Å². The van der Waals surface area contributed by atoms with Gasteiger partial charge in [0.15, 0.2) is 0 Å². The maximum Gasteiger partial charge on any atom is 0.0158 e. The summed E-state index contributed by atoms with van der Waals surface area (Å²) in [6.07, 6.45) is 0. The molecule has 0 saturated carbocycles. The van der Waals surface area contributed by atoms with Gasteiger partial charge in [-0.25, -0.2) is 0 Å². The van der Waals surface area contributed by atoms with Crippen molar-refractivity contribution in [1.82, 2.24) is 0 Å². The number of hydrogen-bond acceptors (Lipinski definition) is 0. The van der Waals surface area contributed by atoms with Crippen LogP contribution in [-0.2, 0) is 5.41 Å². The fraction of sp³-hybridized carbons (Fsp3) is 0.182. The third kappa shape index (κ3) is 1.77. The first-order chi connectivity index (χ1) is 10.6. The highest BCUT2D eigenvalue weighted by Crippen LogP contribution is 2.50. The Labute approximate surface area is 132 Å². The lowest BCUT2D eigenvalue weighted by Crippen LogP contribution is -2.14. The Balaban J connectivity index is 1.99. The molecule has 0 atom stereocenters. The molecule has 4 rings (SSSR count). The minimum Gasteiger partial charge on any atom is -0.0622 e. The molecule has 1 aliphatic rings. The van der Waals surface area contributed by atoms with Gasteiger partial charge in [0.05, 0.1) is 0 Å². The van der Waals surface area contributed by atoms with Gasteiger partial charge in [-0.2, -0.15) is 0 Å². The summed E-state index contributed by atoms with van der Waals surface area (Å²) in [7, 11) is 0. The smallest absolute Gasteiger partial charge is 0.0158 e. The van der Waals surface area contributed by atoms with Crippen LogP contribution in [0.3, 0.4) is 0 Å². The molecule has 0 unspecified atom stereocenters. The van der Waals surface area contributed by atoms with Crippen molar-refractivity contribution in [3.63, 3.8) is 0 Å². The van der Waals surface area contributed by atoms with Crippen LogP contribution < -0.4 is 0 Å². The zero-order valence-corrected chi connectivity index (χ0v) is 13.4. The summed E-state index contributed by atoms with van der Waals surface area (Å²) in [5, 5.41) is 0. The van der Waals surface area contributed by atoms with Crippen LogP contribution in [0.25, 0.3) is 22.3 Å². The van der Waals surface area contributed by atoms with Crippen LogP contribution in [0.1, 0.15) is 30.5 Å². The molecule has 0 saturated heterocycles. The number of aryl methyl sites for hydroxylation is 1. The predicted octanol–water partition coefficient (Wildman–Crippen LogP) is 5.97. The average Bonchev–Trinajstić information content (AvgIpc) is 2.77. The van der Waals surface area contributed by atoms with E-state index in [1.54, 1.807) is 0 Å². The standard InChI is InChI=1S/C22H20/c1-15-8-7-11-20-21(15)18-14-17(16-9-5-4-6-10-16)12-13-19(18)22(20,2)3/h4-14H,1-3H3. The second kappa shape index (κ2) is 4.58. The number of hydrogen-bond donors (Lipinski definition) is 0. The van der Waals surface area contributed by atoms with E-state index in [2.05, 4.69) is 87.5 Å². The molecule has 0 fully saturated rings. The molecule has 0 heteroatoms. The van der Waals surface area contributed by atoms with Crippen molar-refractivity contribution >= 4 is 0 Å². The molecule has 3 aromatic rings. The van der Waals surface area contributed by atoms with Crippen molar-refractivity contribution < 1.29 is 0 Å². The molecule has 22 heavy (non-hydrogen) atoms. The largest absolute Gasteiger partial charge is 0.0622 e. The van der Waals surface area contributed by atoms with Gasteiger partial charge in [-0.05, 0) is 51.9 Å². The summed E-state index contributed by atoms with van der Waals surface area (Å²) in [5.41, 5.74) is 9.76. The molecule has 0 aromatic heterocycles. The molecule has 0 spiro atoms. The second-order valence-corrected chi connectivity index (χ2v) is 6.75. The highest BCUT2D eigenvalue weighted by molar-refractivity contribution is 5.86. The zero-order chi connectivity index (χ0) is 15.3. The highest BCUT2D eigenvalue weighted by atomic mass is 14.4. The van der Waals surface area contributed by atoms with Crippen LogP contribution >= 0.6 is 0 Å².